The number of rotatable bonds is 2. The molecule has 7 rings (SSSR count). The van der Waals surface area contributed by atoms with Crippen LogP contribution in [0.5, 0.6) is 0 Å². The molecule has 1 saturated carbocycles. The Balaban J connectivity index is 1.36. The van der Waals surface area contributed by atoms with Crippen LogP contribution in [-0.4, -0.2) is 10.6 Å². The van der Waals surface area contributed by atoms with Crippen molar-refractivity contribution in [2.75, 3.05) is 0 Å². The number of benzene rings is 3. The number of para-hydroxylation sites is 1. The zero-order chi connectivity index (χ0) is 22.6. The Bertz CT molecular complexity index is 1320. The van der Waals surface area contributed by atoms with Gasteiger partial charge in [-0.25, -0.2) is 0 Å². The van der Waals surface area contributed by atoms with Crippen molar-refractivity contribution < 1.29 is 0 Å². The summed E-state index contributed by atoms with van der Waals surface area (Å²) in [6, 6.07) is 30.2. The Morgan fingerprint density at radius 2 is 1.53 bits per heavy atom. The van der Waals surface area contributed by atoms with Crippen molar-refractivity contribution >= 4 is 10.9 Å². The molecule has 3 aliphatic rings. The standard InChI is InChI=1S/C32H34N2/c1-21-8-7-11-24-20-25-16-19-28-27-12-5-6-13-29(27)34(32(28)31(25)33-30(21)24)26-17-14-23(15-18-26)22-9-3-2-4-10-22/h2-6,9-10,12-15,17-18,21,24-25,30-31,33H,7-8,11,16,19-20H2,1H3/t21-,24?,25?,30?,31?/m1/s1. The first-order valence-electron chi connectivity index (χ1n) is 13.3. The lowest BCUT2D eigenvalue weighted by atomic mass is 9.66. The molecule has 0 bridgehead atoms. The van der Waals surface area contributed by atoms with Crippen molar-refractivity contribution in [2.24, 2.45) is 17.8 Å². The molecular weight excluding hydrogens is 412 g/mol. The maximum absolute atomic E-state index is 4.25. The molecule has 1 aliphatic heterocycles. The monoisotopic (exact) mass is 446 g/mol. The average Bonchev–Trinajstić information content (AvgIpc) is 3.23. The van der Waals surface area contributed by atoms with Gasteiger partial charge in [0.2, 0.25) is 0 Å². The summed E-state index contributed by atoms with van der Waals surface area (Å²) in [6.07, 6.45) is 8.15. The van der Waals surface area contributed by atoms with E-state index >= 15 is 0 Å². The molecule has 0 spiro atoms. The lowest BCUT2D eigenvalue weighted by Gasteiger charge is -2.49. The molecule has 172 valence electrons. The Labute approximate surface area is 203 Å². The molecule has 2 aliphatic carbocycles. The fourth-order valence-electron chi connectivity index (χ4n) is 7.50. The van der Waals surface area contributed by atoms with Gasteiger partial charge in [-0.1, -0.05) is 74.0 Å². The van der Waals surface area contributed by atoms with E-state index in [1.165, 1.54) is 66.2 Å². The fraction of sp³-hybridized carbons (Fsp3) is 0.375. The van der Waals surface area contributed by atoms with E-state index in [2.05, 4.69) is 95.7 Å². The number of nitrogens with one attached hydrogen (secondary N) is 1. The molecule has 2 nitrogen and oxygen atoms in total. The van der Waals surface area contributed by atoms with Crippen molar-refractivity contribution in [1.29, 1.82) is 0 Å². The van der Waals surface area contributed by atoms with E-state index in [9.17, 15) is 0 Å². The second-order valence-electron chi connectivity index (χ2n) is 11.0. The number of piperidine rings is 1. The summed E-state index contributed by atoms with van der Waals surface area (Å²) < 4.78 is 2.59. The quantitative estimate of drug-likeness (QED) is 0.334. The van der Waals surface area contributed by atoms with Crippen LogP contribution in [0.1, 0.15) is 56.3 Å². The predicted octanol–water partition coefficient (Wildman–Crippen LogP) is 7.70. The molecule has 4 unspecified atom stereocenters. The molecule has 2 heteroatoms. The fourth-order valence-corrected chi connectivity index (χ4v) is 7.50. The normalized spacial score (nSPS) is 28.2. The van der Waals surface area contributed by atoms with E-state index < -0.39 is 0 Å². The largest absolute Gasteiger partial charge is 0.312 e. The number of hydrogen-bond acceptors (Lipinski definition) is 1. The van der Waals surface area contributed by atoms with Crippen molar-refractivity contribution in [1.82, 2.24) is 9.88 Å². The summed E-state index contributed by atoms with van der Waals surface area (Å²) in [4.78, 5) is 0. The van der Waals surface area contributed by atoms with Gasteiger partial charge in [0.1, 0.15) is 0 Å². The minimum atomic E-state index is 0.465. The third-order valence-corrected chi connectivity index (χ3v) is 9.12. The smallest absolute Gasteiger partial charge is 0.0535 e. The molecule has 0 amide bonds. The van der Waals surface area contributed by atoms with E-state index in [0.717, 1.165) is 17.8 Å². The van der Waals surface area contributed by atoms with Gasteiger partial charge in [-0.3, -0.25) is 0 Å². The molecule has 0 radical (unpaired) electrons. The van der Waals surface area contributed by atoms with Gasteiger partial charge in [0, 0.05) is 22.8 Å². The average molecular weight is 447 g/mol. The number of aromatic nitrogens is 1. The second-order valence-corrected chi connectivity index (χ2v) is 11.0. The van der Waals surface area contributed by atoms with E-state index in [1.807, 2.05) is 0 Å². The third-order valence-electron chi connectivity index (χ3n) is 9.12. The first-order valence-corrected chi connectivity index (χ1v) is 13.3. The summed E-state index contributed by atoms with van der Waals surface area (Å²) in [5, 5.41) is 5.70. The first-order chi connectivity index (χ1) is 16.8. The highest BCUT2D eigenvalue weighted by Gasteiger charge is 2.44. The Hall–Kier alpha value is -2.84. The zero-order valence-corrected chi connectivity index (χ0v) is 20.1. The Morgan fingerprint density at radius 1 is 0.765 bits per heavy atom. The summed E-state index contributed by atoms with van der Waals surface area (Å²) in [7, 11) is 0. The molecule has 1 aromatic heterocycles. The summed E-state index contributed by atoms with van der Waals surface area (Å²) in [6.45, 7) is 2.48. The SMILES string of the molecule is C[C@@H]1CCCC2CC3CCc4c(n(-c5ccc(-c6ccccc6)cc5)c5ccccc45)C3NC21. The van der Waals surface area contributed by atoms with E-state index in [1.54, 1.807) is 11.3 Å². The zero-order valence-electron chi connectivity index (χ0n) is 20.1. The van der Waals surface area contributed by atoms with Crippen LogP contribution < -0.4 is 5.32 Å². The van der Waals surface area contributed by atoms with Crippen LogP contribution in [-0.2, 0) is 6.42 Å². The van der Waals surface area contributed by atoms with Crippen molar-refractivity contribution in [3.63, 3.8) is 0 Å². The molecule has 1 N–H and O–H groups in total. The molecule has 1 saturated heterocycles. The highest BCUT2D eigenvalue weighted by molar-refractivity contribution is 5.88. The van der Waals surface area contributed by atoms with Gasteiger partial charge in [0.15, 0.2) is 0 Å². The highest BCUT2D eigenvalue weighted by Crippen LogP contribution is 2.49. The number of fused-ring (bicyclic) bond motifs is 6. The minimum Gasteiger partial charge on any atom is -0.312 e. The van der Waals surface area contributed by atoms with Crippen molar-refractivity contribution in [2.45, 2.75) is 57.5 Å². The second kappa shape index (κ2) is 8.13. The highest BCUT2D eigenvalue weighted by atomic mass is 15.1. The van der Waals surface area contributed by atoms with Crippen LogP contribution in [0, 0.1) is 17.8 Å². The van der Waals surface area contributed by atoms with Gasteiger partial charge in [-0.05, 0) is 84.7 Å². The van der Waals surface area contributed by atoms with Crippen LogP contribution in [0.25, 0.3) is 27.7 Å². The summed E-state index contributed by atoms with van der Waals surface area (Å²) in [5.74, 6) is 2.41. The topological polar surface area (TPSA) is 17.0 Å². The van der Waals surface area contributed by atoms with Crippen LogP contribution in [0.15, 0.2) is 78.9 Å². The third kappa shape index (κ3) is 3.19. The maximum atomic E-state index is 4.25. The van der Waals surface area contributed by atoms with Crippen LogP contribution in [0.3, 0.4) is 0 Å². The van der Waals surface area contributed by atoms with Crippen LogP contribution in [0.4, 0.5) is 0 Å². The van der Waals surface area contributed by atoms with Gasteiger partial charge < -0.3 is 9.88 Å². The first kappa shape index (κ1) is 20.5. The minimum absolute atomic E-state index is 0.465. The van der Waals surface area contributed by atoms with Crippen LogP contribution in [0.2, 0.25) is 0 Å². The van der Waals surface area contributed by atoms with Gasteiger partial charge in [0.05, 0.1) is 11.6 Å². The predicted molar refractivity (Wildman–Crippen MR) is 141 cm³/mol. The van der Waals surface area contributed by atoms with Gasteiger partial charge >= 0.3 is 0 Å². The molecule has 4 aromatic rings. The lowest BCUT2D eigenvalue weighted by Crippen LogP contribution is -2.53. The Morgan fingerprint density at radius 3 is 2.38 bits per heavy atom. The van der Waals surface area contributed by atoms with E-state index in [4.69, 9.17) is 0 Å². The molecule has 34 heavy (non-hydrogen) atoms. The molecule has 2 heterocycles. The molecule has 5 atom stereocenters. The van der Waals surface area contributed by atoms with Crippen molar-refractivity contribution in [3.05, 3.63) is 90.1 Å². The molecule has 3 aromatic carbocycles. The maximum Gasteiger partial charge on any atom is 0.0535 e. The summed E-state index contributed by atoms with van der Waals surface area (Å²) >= 11 is 0. The number of aryl methyl sites for hydroxylation is 1. The van der Waals surface area contributed by atoms with Gasteiger partial charge in [-0.15, -0.1) is 0 Å². The summed E-state index contributed by atoms with van der Waals surface area (Å²) in [5.41, 5.74) is 8.33. The van der Waals surface area contributed by atoms with Gasteiger partial charge in [-0.2, -0.15) is 0 Å². The molecule has 2 fully saturated rings. The molecular formula is C32H34N2. The lowest BCUT2D eigenvalue weighted by molar-refractivity contribution is 0.0773. The van der Waals surface area contributed by atoms with Crippen molar-refractivity contribution in [3.8, 4) is 16.8 Å². The van der Waals surface area contributed by atoms with Crippen LogP contribution >= 0.6 is 0 Å². The Kier molecular flexibility index (Phi) is 4.91. The van der Waals surface area contributed by atoms with E-state index in [-0.39, 0.29) is 0 Å². The van der Waals surface area contributed by atoms with E-state index in [0.29, 0.717) is 12.1 Å². The number of nitrogens with zero attached hydrogens (tertiary/aromatic N) is 1. The van der Waals surface area contributed by atoms with Gasteiger partial charge in [0.25, 0.3) is 0 Å². The number of hydrogen-bond donors (Lipinski definition) is 1.